The molecule has 1 aromatic rings. The second-order valence-electron chi connectivity index (χ2n) is 2.44. The third kappa shape index (κ3) is 1.74. The topological polar surface area (TPSA) is 55.1 Å². The molecule has 8 heteroatoms. The molecule has 1 rings (SSSR count). The van der Waals surface area contributed by atoms with Gasteiger partial charge in [0.05, 0.1) is 0 Å². The van der Waals surface area contributed by atoms with Gasteiger partial charge in [0.2, 0.25) is 0 Å². The van der Waals surface area contributed by atoms with Gasteiger partial charge in [-0.2, -0.15) is 18.3 Å². The predicted octanol–water partition coefficient (Wildman–Crippen LogP) is 1.90. The van der Waals surface area contributed by atoms with Gasteiger partial charge in [-0.1, -0.05) is 0 Å². The summed E-state index contributed by atoms with van der Waals surface area (Å²) in [6.07, 6.45) is -4.74. The van der Waals surface area contributed by atoms with E-state index in [0.717, 1.165) is 7.05 Å². The molecule has 14 heavy (non-hydrogen) atoms. The Hall–Kier alpha value is -1.05. The lowest BCUT2D eigenvalue weighted by atomic mass is 10.2. The van der Waals surface area contributed by atoms with Crippen LogP contribution in [0.5, 0.6) is 0 Å². The number of halogens is 4. The van der Waals surface area contributed by atoms with Crippen LogP contribution in [0.4, 0.5) is 13.2 Å². The van der Waals surface area contributed by atoms with Crippen LogP contribution in [0, 0.1) is 0 Å². The quantitative estimate of drug-likeness (QED) is 0.850. The van der Waals surface area contributed by atoms with E-state index >= 15 is 0 Å². The van der Waals surface area contributed by atoms with Gasteiger partial charge in [-0.25, -0.2) is 4.79 Å². The lowest BCUT2D eigenvalue weighted by Gasteiger charge is -2.05. The van der Waals surface area contributed by atoms with Crippen molar-refractivity contribution in [2.45, 2.75) is 6.18 Å². The normalized spacial score (nSPS) is 11.8. The molecule has 0 radical (unpaired) electrons. The molecule has 0 fully saturated rings. The molecule has 4 nitrogen and oxygen atoms in total. The molecule has 0 saturated carbocycles. The summed E-state index contributed by atoms with van der Waals surface area (Å²) >= 11 is 2.56. The Kier molecular flexibility index (Phi) is 2.57. The zero-order chi connectivity index (χ0) is 11.1. The standard InChI is InChI=1S/C6H4BrF3N2O2/c1-12-3(5(13)14)2(4(7)11-12)6(8,9)10/h1H3,(H,13,14). The van der Waals surface area contributed by atoms with Crippen LogP contribution in [0.15, 0.2) is 4.60 Å². The number of carbonyl (C=O) groups is 1. The van der Waals surface area contributed by atoms with Crippen molar-refractivity contribution in [1.82, 2.24) is 9.78 Å². The highest BCUT2D eigenvalue weighted by Crippen LogP contribution is 2.36. The Labute approximate surface area is 84.5 Å². The number of aromatic carboxylic acids is 1. The first kappa shape index (κ1) is 11.0. The Morgan fingerprint density at radius 3 is 2.36 bits per heavy atom. The Bertz CT molecular complexity index is 385. The smallest absolute Gasteiger partial charge is 0.421 e. The number of alkyl halides is 3. The van der Waals surface area contributed by atoms with E-state index < -0.39 is 28.0 Å². The largest absolute Gasteiger partial charge is 0.477 e. The summed E-state index contributed by atoms with van der Waals surface area (Å²) in [5.41, 5.74) is -2.16. The van der Waals surface area contributed by atoms with Crippen LogP contribution in [-0.4, -0.2) is 20.9 Å². The highest BCUT2D eigenvalue weighted by Gasteiger charge is 2.41. The van der Waals surface area contributed by atoms with E-state index in [1.165, 1.54) is 0 Å². The van der Waals surface area contributed by atoms with Gasteiger partial charge in [-0.15, -0.1) is 0 Å². The van der Waals surface area contributed by atoms with E-state index in [1.807, 2.05) is 0 Å². The van der Waals surface area contributed by atoms with Crippen LogP contribution in [0.3, 0.4) is 0 Å². The molecule has 0 amide bonds. The number of aromatic nitrogens is 2. The Balaban J connectivity index is 3.48. The second kappa shape index (κ2) is 3.26. The van der Waals surface area contributed by atoms with Gasteiger partial charge in [0.1, 0.15) is 10.2 Å². The molecule has 0 atom stereocenters. The van der Waals surface area contributed by atoms with Crippen LogP contribution in [0.2, 0.25) is 0 Å². The lowest BCUT2D eigenvalue weighted by Crippen LogP contribution is -2.14. The molecular formula is C6H4BrF3N2O2. The molecular weight excluding hydrogens is 269 g/mol. The highest BCUT2D eigenvalue weighted by molar-refractivity contribution is 9.10. The maximum atomic E-state index is 12.3. The molecule has 78 valence electrons. The second-order valence-corrected chi connectivity index (χ2v) is 3.19. The fourth-order valence-electron chi connectivity index (χ4n) is 0.988. The van der Waals surface area contributed by atoms with Crippen molar-refractivity contribution in [3.63, 3.8) is 0 Å². The Morgan fingerprint density at radius 1 is 1.57 bits per heavy atom. The number of carboxylic acid groups (broad SMARTS) is 1. The predicted molar refractivity (Wildman–Crippen MR) is 42.9 cm³/mol. The van der Waals surface area contributed by atoms with Gasteiger partial charge in [0.15, 0.2) is 5.69 Å². The first-order valence-corrected chi connectivity index (χ1v) is 4.07. The molecule has 0 aliphatic heterocycles. The van der Waals surface area contributed by atoms with Gasteiger partial charge in [0, 0.05) is 7.05 Å². The lowest BCUT2D eigenvalue weighted by molar-refractivity contribution is -0.138. The number of aryl methyl sites for hydroxylation is 1. The fourth-order valence-corrected chi connectivity index (χ4v) is 1.64. The van der Waals surface area contributed by atoms with Gasteiger partial charge < -0.3 is 5.11 Å². The summed E-state index contributed by atoms with van der Waals surface area (Å²) in [6.45, 7) is 0. The highest BCUT2D eigenvalue weighted by atomic mass is 79.9. The van der Waals surface area contributed by atoms with Crippen molar-refractivity contribution in [3.05, 3.63) is 15.9 Å². The fraction of sp³-hybridized carbons (Fsp3) is 0.333. The third-order valence-electron chi connectivity index (χ3n) is 1.49. The minimum Gasteiger partial charge on any atom is -0.477 e. The van der Waals surface area contributed by atoms with Crippen LogP contribution in [0.1, 0.15) is 16.1 Å². The third-order valence-corrected chi connectivity index (χ3v) is 2.05. The van der Waals surface area contributed by atoms with Crippen LogP contribution < -0.4 is 0 Å². The van der Waals surface area contributed by atoms with Crippen LogP contribution in [-0.2, 0) is 13.2 Å². The van der Waals surface area contributed by atoms with E-state index in [9.17, 15) is 18.0 Å². The minimum absolute atomic E-state index is 0.523. The van der Waals surface area contributed by atoms with E-state index in [4.69, 9.17) is 5.11 Å². The molecule has 0 aromatic carbocycles. The van der Waals surface area contributed by atoms with Gasteiger partial charge in [-0.3, -0.25) is 4.68 Å². The summed E-state index contributed by atoms with van der Waals surface area (Å²) in [6, 6.07) is 0. The zero-order valence-electron chi connectivity index (χ0n) is 6.76. The summed E-state index contributed by atoms with van der Waals surface area (Å²) < 4.78 is 37.1. The molecule has 0 bridgehead atoms. The molecule has 0 aliphatic rings. The summed E-state index contributed by atoms with van der Waals surface area (Å²) in [4.78, 5) is 10.5. The molecule has 1 aromatic heterocycles. The average molecular weight is 273 g/mol. The first-order chi connectivity index (χ1) is 6.25. The number of nitrogens with zero attached hydrogens (tertiary/aromatic N) is 2. The van der Waals surface area contributed by atoms with Gasteiger partial charge >= 0.3 is 12.1 Å². The van der Waals surface area contributed by atoms with E-state index in [1.54, 1.807) is 0 Å². The molecule has 1 heterocycles. The SMILES string of the molecule is Cn1nc(Br)c(C(F)(F)F)c1C(=O)O. The summed E-state index contributed by atoms with van der Waals surface area (Å²) in [5.74, 6) is -1.67. The van der Waals surface area contributed by atoms with Crippen molar-refractivity contribution in [2.24, 2.45) is 7.05 Å². The molecule has 0 spiro atoms. The molecule has 0 unspecified atom stereocenters. The molecule has 0 aliphatic carbocycles. The Morgan fingerprint density at radius 2 is 2.07 bits per heavy atom. The van der Waals surface area contributed by atoms with Crippen molar-refractivity contribution in [1.29, 1.82) is 0 Å². The van der Waals surface area contributed by atoms with Crippen molar-refractivity contribution < 1.29 is 23.1 Å². The van der Waals surface area contributed by atoms with Gasteiger partial charge in [-0.05, 0) is 15.9 Å². The van der Waals surface area contributed by atoms with Crippen molar-refractivity contribution >= 4 is 21.9 Å². The number of hydrogen-bond donors (Lipinski definition) is 1. The van der Waals surface area contributed by atoms with E-state index in [0.29, 0.717) is 4.68 Å². The average Bonchev–Trinajstić information content (AvgIpc) is 2.23. The molecule has 0 saturated heterocycles. The van der Waals surface area contributed by atoms with Crippen molar-refractivity contribution in [3.8, 4) is 0 Å². The zero-order valence-corrected chi connectivity index (χ0v) is 8.35. The number of rotatable bonds is 1. The molecule has 1 N–H and O–H groups in total. The van der Waals surface area contributed by atoms with Crippen LogP contribution in [0.25, 0.3) is 0 Å². The van der Waals surface area contributed by atoms with Crippen LogP contribution >= 0.6 is 15.9 Å². The maximum absolute atomic E-state index is 12.3. The summed E-state index contributed by atoms with van der Waals surface area (Å²) in [5, 5.41) is 11.9. The van der Waals surface area contributed by atoms with E-state index in [2.05, 4.69) is 21.0 Å². The van der Waals surface area contributed by atoms with E-state index in [-0.39, 0.29) is 0 Å². The number of hydrogen-bond acceptors (Lipinski definition) is 2. The summed E-state index contributed by atoms with van der Waals surface area (Å²) in [7, 11) is 1.13. The van der Waals surface area contributed by atoms with Crippen molar-refractivity contribution in [2.75, 3.05) is 0 Å². The monoisotopic (exact) mass is 272 g/mol. The first-order valence-electron chi connectivity index (χ1n) is 3.28. The van der Waals surface area contributed by atoms with Gasteiger partial charge in [0.25, 0.3) is 0 Å². The minimum atomic E-state index is -4.74. The number of carboxylic acids is 1. The maximum Gasteiger partial charge on any atom is 0.421 e.